The summed E-state index contributed by atoms with van der Waals surface area (Å²) in [6.07, 6.45) is 0. The highest BCUT2D eigenvalue weighted by atomic mass is 35.5. The van der Waals surface area contributed by atoms with E-state index >= 15 is 0 Å². The van der Waals surface area contributed by atoms with Crippen LogP contribution in [-0.4, -0.2) is 25.4 Å². The van der Waals surface area contributed by atoms with Gasteiger partial charge in [-0.2, -0.15) is 0 Å². The highest BCUT2D eigenvalue weighted by Gasteiger charge is 2.58. The molecule has 110 valence electrons. The van der Waals surface area contributed by atoms with Crippen LogP contribution in [0.3, 0.4) is 0 Å². The van der Waals surface area contributed by atoms with Crippen molar-refractivity contribution in [2.45, 2.75) is 16.1 Å². The molecule has 0 bridgehead atoms. The lowest BCUT2D eigenvalue weighted by molar-refractivity contribution is 0.274. The zero-order chi connectivity index (χ0) is 15.0. The average Bonchev–Trinajstić information content (AvgIpc) is 3.24. The van der Waals surface area contributed by atoms with Gasteiger partial charge in [0.15, 0.2) is 9.84 Å². The SMILES string of the molecule is O=S(=O)(c1ccc(Cl)cc1)[C@@H]1[C@@H](CO)[C@H]1c1ccccc1. The van der Waals surface area contributed by atoms with E-state index in [0.717, 1.165) is 5.56 Å². The quantitative estimate of drug-likeness (QED) is 0.941. The summed E-state index contributed by atoms with van der Waals surface area (Å²) in [7, 11) is -3.46. The molecule has 1 fully saturated rings. The van der Waals surface area contributed by atoms with Crippen LogP contribution in [0.25, 0.3) is 0 Å². The van der Waals surface area contributed by atoms with Crippen LogP contribution in [0.5, 0.6) is 0 Å². The summed E-state index contributed by atoms with van der Waals surface area (Å²) in [6.45, 7) is -0.128. The number of benzene rings is 2. The fraction of sp³-hybridized carbons (Fsp3) is 0.250. The van der Waals surface area contributed by atoms with Crippen LogP contribution >= 0.6 is 11.6 Å². The van der Waals surface area contributed by atoms with E-state index in [2.05, 4.69) is 0 Å². The molecule has 0 spiro atoms. The van der Waals surface area contributed by atoms with E-state index < -0.39 is 15.1 Å². The Morgan fingerprint density at radius 1 is 1.00 bits per heavy atom. The summed E-state index contributed by atoms with van der Waals surface area (Å²) in [5.41, 5.74) is 0.957. The van der Waals surface area contributed by atoms with Gasteiger partial charge in [-0.1, -0.05) is 41.9 Å². The minimum absolute atomic E-state index is 0.128. The lowest BCUT2D eigenvalue weighted by atomic mass is 10.1. The van der Waals surface area contributed by atoms with Gasteiger partial charge < -0.3 is 5.11 Å². The van der Waals surface area contributed by atoms with E-state index in [4.69, 9.17) is 11.6 Å². The van der Waals surface area contributed by atoms with Gasteiger partial charge in [0, 0.05) is 23.5 Å². The molecule has 3 rings (SSSR count). The smallest absolute Gasteiger partial charge is 0.182 e. The van der Waals surface area contributed by atoms with Crippen LogP contribution in [0, 0.1) is 5.92 Å². The number of rotatable bonds is 4. The number of hydrogen-bond acceptors (Lipinski definition) is 3. The number of hydrogen-bond donors (Lipinski definition) is 1. The number of sulfone groups is 1. The Balaban J connectivity index is 1.94. The summed E-state index contributed by atoms with van der Waals surface area (Å²) in [5.74, 6) is -0.384. The minimum atomic E-state index is -3.46. The van der Waals surface area contributed by atoms with E-state index in [-0.39, 0.29) is 23.3 Å². The van der Waals surface area contributed by atoms with E-state index in [0.29, 0.717) is 5.02 Å². The molecule has 5 heteroatoms. The summed E-state index contributed by atoms with van der Waals surface area (Å²) in [6, 6.07) is 15.7. The van der Waals surface area contributed by atoms with E-state index in [1.54, 1.807) is 12.1 Å². The first-order valence-electron chi connectivity index (χ1n) is 6.71. The van der Waals surface area contributed by atoms with Crippen molar-refractivity contribution in [1.82, 2.24) is 0 Å². The molecule has 21 heavy (non-hydrogen) atoms. The van der Waals surface area contributed by atoms with Crippen molar-refractivity contribution < 1.29 is 13.5 Å². The molecule has 0 amide bonds. The van der Waals surface area contributed by atoms with Crippen molar-refractivity contribution in [3.63, 3.8) is 0 Å². The third-order valence-electron chi connectivity index (χ3n) is 3.99. The number of aliphatic hydroxyl groups is 1. The van der Waals surface area contributed by atoms with Gasteiger partial charge in [-0.25, -0.2) is 8.42 Å². The molecule has 0 aliphatic heterocycles. The predicted molar refractivity (Wildman–Crippen MR) is 82.2 cm³/mol. The minimum Gasteiger partial charge on any atom is -0.396 e. The first-order chi connectivity index (χ1) is 10.1. The Kier molecular flexibility index (Phi) is 3.78. The second-order valence-electron chi connectivity index (χ2n) is 5.25. The first-order valence-corrected chi connectivity index (χ1v) is 8.63. The molecule has 2 aromatic rings. The van der Waals surface area contributed by atoms with Crippen molar-refractivity contribution >= 4 is 21.4 Å². The molecular weight excluding hydrogens is 308 g/mol. The maximum atomic E-state index is 12.7. The van der Waals surface area contributed by atoms with Gasteiger partial charge in [-0.15, -0.1) is 0 Å². The Morgan fingerprint density at radius 3 is 2.19 bits per heavy atom. The fourth-order valence-corrected chi connectivity index (χ4v) is 5.20. The van der Waals surface area contributed by atoms with Crippen LogP contribution in [0.2, 0.25) is 5.02 Å². The lowest BCUT2D eigenvalue weighted by Gasteiger charge is -2.04. The molecule has 1 aliphatic carbocycles. The topological polar surface area (TPSA) is 54.4 Å². The van der Waals surface area contributed by atoms with Gasteiger partial charge in [-0.3, -0.25) is 0 Å². The standard InChI is InChI=1S/C16H15ClO3S/c17-12-6-8-13(9-7-12)21(19,20)16-14(10-18)15(16)11-4-2-1-3-5-11/h1-9,14-16,18H,10H2/t14-,15+,16+/m0/s1. The largest absolute Gasteiger partial charge is 0.396 e. The van der Waals surface area contributed by atoms with Crippen LogP contribution in [0.4, 0.5) is 0 Å². The summed E-state index contributed by atoms with van der Waals surface area (Å²) in [4.78, 5) is 0.258. The van der Waals surface area contributed by atoms with Crippen molar-refractivity contribution in [1.29, 1.82) is 0 Å². The second-order valence-corrected chi connectivity index (χ2v) is 7.79. The van der Waals surface area contributed by atoms with E-state index in [9.17, 15) is 13.5 Å². The average molecular weight is 323 g/mol. The summed E-state index contributed by atoms with van der Waals surface area (Å²) >= 11 is 5.80. The van der Waals surface area contributed by atoms with Gasteiger partial charge in [0.05, 0.1) is 10.1 Å². The second kappa shape index (κ2) is 5.44. The molecule has 0 radical (unpaired) electrons. The summed E-state index contributed by atoms with van der Waals surface area (Å²) < 4.78 is 25.4. The maximum absolute atomic E-state index is 12.7. The van der Waals surface area contributed by atoms with E-state index in [1.165, 1.54) is 12.1 Å². The van der Waals surface area contributed by atoms with Crippen LogP contribution in [0.1, 0.15) is 11.5 Å². The van der Waals surface area contributed by atoms with Gasteiger partial charge >= 0.3 is 0 Å². The van der Waals surface area contributed by atoms with Crippen molar-refractivity contribution in [2.24, 2.45) is 5.92 Å². The van der Waals surface area contributed by atoms with Crippen molar-refractivity contribution in [2.75, 3.05) is 6.61 Å². The molecule has 0 heterocycles. The highest BCUT2D eigenvalue weighted by Crippen LogP contribution is 2.53. The Labute approximate surface area is 129 Å². The lowest BCUT2D eigenvalue weighted by Crippen LogP contribution is -2.11. The van der Waals surface area contributed by atoms with Crippen LogP contribution < -0.4 is 0 Å². The number of halogens is 1. The van der Waals surface area contributed by atoms with Crippen LogP contribution in [0.15, 0.2) is 59.5 Å². The highest BCUT2D eigenvalue weighted by molar-refractivity contribution is 7.92. The van der Waals surface area contributed by atoms with E-state index in [1.807, 2.05) is 30.3 Å². The van der Waals surface area contributed by atoms with Crippen molar-refractivity contribution in [3.05, 3.63) is 65.2 Å². The molecule has 1 N–H and O–H groups in total. The monoisotopic (exact) mass is 322 g/mol. The van der Waals surface area contributed by atoms with Crippen LogP contribution in [-0.2, 0) is 9.84 Å². The molecule has 1 saturated carbocycles. The van der Waals surface area contributed by atoms with Gasteiger partial charge in [-0.05, 0) is 29.8 Å². The molecule has 2 aromatic carbocycles. The van der Waals surface area contributed by atoms with Gasteiger partial charge in [0.2, 0.25) is 0 Å². The molecule has 0 unspecified atom stereocenters. The molecule has 0 aromatic heterocycles. The first kappa shape index (κ1) is 14.6. The predicted octanol–water partition coefficient (Wildman–Crippen LogP) is 2.89. The number of aliphatic hydroxyl groups excluding tert-OH is 1. The zero-order valence-corrected chi connectivity index (χ0v) is 12.8. The van der Waals surface area contributed by atoms with Gasteiger partial charge in [0.25, 0.3) is 0 Å². The normalized spacial score (nSPS) is 24.8. The zero-order valence-electron chi connectivity index (χ0n) is 11.2. The molecule has 3 atom stereocenters. The third-order valence-corrected chi connectivity index (χ3v) is 6.53. The Morgan fingerprint density at radius 2 is 1.62 bits per heavy atom. The Bertz CT molecular complexity index is 726. The molecular formula is C16H15ClO3S. The molecule has 3 nitrogen and oxygen atoms in total. The molecule has 0 saturated heterocycles. The van der Waals surface area contributed by atoms with Gasteiger partial charge in [0.1, 0.15) is 0 Å². The maximum Gasteiger partial charge on any atom is 0.182 e. The summed E-state index contributed by atoms with van der Waals surface area (Å²) in [5, 5.41) is 9.42. The Hall–Kier alpha value is -1.36. The van der Waals surface area contributed by atoms with Crippen molar-refractivity contribution in [3.8, 4) is 0 Å². The molecule has 1 aliphatic rings. The fourth-order valence-electron chi connectivity index (χ4n) is 2.88. The third kappa shape index (κ3) is 2.59.